The van der Waals surface area contributed by atoms with E-state index in [1.165, 1.54) is 6.92 Å². The largest absolute Gasteiger partial charge is 0.416 e. The average Bonchev–Trinajstić information content (AvgIpc) is 2.69. The second-order valence-electron chi connectivity index (χ2n) is 7.34. The van der Waals surface area contributed by atoms with Gasteiger partial charge in [-0.3, -0.25) is 9.69 Å². The van der Waals surface area contributed by atoms with Gasteiger partial charge >= 0.3 is 6.18 Å². The van der Waals surface area contributed by atoms with Gasteiger partial charge < -0.3 is 4.18 Å². The van der Waals surface area contributed by atoms with E-state index in [1.54, 1.807) is 0 Å². The van der Waals surface area contributed by atoms with Crippen molar-refractivity contribution in [3.8, 4) is 0 Å². The zero-order chi connectivity index (χ0) is 20.1. The molecule has 146 valence electrons. The SMILES string of the molecule is CC1=C(Cl)C(OS(C)(C)C(C)(C)C)N(c2cc(C(F)(F)F)ccn2)C1=O. The van der Waals surface area contributed by atoms with E-state index in [4.69, 9.17) is 15.8 Å². The molecule has 1 aliphatic heterocycles. The monoisotopic (exact) mass is 410 g/mol. The van der Waals surface area contributed by atoms with Crippen molar-refractivity contribution in [2.24, 2.45) is 0 Å². The molecule has 9 heteroatoms. The fraction of sp³-hybridized carbons (Fsp3) is 0.529. The number of carbonyl (C=O) groups is 1. The van der Waals surface area contributed by atoms with E-state index >= 15 is 0 Å². The van der Waals surface area contributed by atoms with Gasteiger partial charge in [0, 0.05) is 16.5 Å². The van der Waals surface area contributed by atoms with Gasteiger partial charge in [0.05, 0.1) is 10.6 Å². The smallest absolute Gasteiger partial charge is 0.306 e. The number of alkyl halides is 3. The maximum absolute atomic E-state index is 13.0. The molecule has 0 aliphatic carbocycles. The molecule has 1 aliphatic rings. The molecule has 4 nitrogen and oxygen atoms in total. The van der Waals surface area contributed by atoms with Crippen LogP contribution in [0, 0.1) is 0 Å². The molecule has 1 aromatic rings. The van der Waals surface area contributed by atoms with Gasteiger partial charge in [0.2, 0.25) is 0 Å². The van der Waals surface area contributed by atoms with Crippen LogP contribution in [0.3, 0.4) is 0 Å². The van der Waals surface area contributed by atoms with E-state index in [-0.39, 0.29) is 21.2 Å². The Labute approximate surface area is 157 Å². The lowest BCUT2D eigenvalue weighted by Crippen LogP contribution is -2.40. The van der Waals surface area contributed by atoms with Gasteiger partial charge in [-0.15, -0.1) is 10.3 Å². The van der Waals surface area contributed by atoms with Crippen molar-refractivity contribution >= 4 is 33.6 Å². The molecule has 1 unspecified atom stereocenters. The minimum Gasteiger partial charge on any atom is -0.306 e. The molecule has 26 heavy (non-hydrogen) atoms. The lowest BCUT2D eigenvalue weighted by Gasteiger charge is -2.46. The zero-order valence-corrected chi connectivity index (χ0v) is 17.0. The molecule has 0 spiro atoms. The van der Waals surface area contributed by atoms with Crippen LogP contribution in [0.4, 0.5) is 19.0 Å². The highest BCUT2D eigenvalue weighted by atomic mass is 35.5. The summed E-state index contributed by atoms with van der Waals surface area (Å²) in [7, 11) is -1.70. The van der Waals surface area contributed by atoms with Gasteiger partial charge in [-0.2, -0.15) is 13.2 Å². The Morgan fingerprint density at radius 2 is 1.85 bits per heavy atom. The molecule has 0 saturated heterocycles. The number of pyridine rings is 1. The Morgan fingerprint density at radius 1 is 1.27 bits per heavy atom. The van der Waals surface area contributed by atoms with Crippen LogP contribution >= 0.6 is 21.9 Å². The maximum atomic E-state index is 13.0. The molecule has 0 fully saturated rings. The molecule has 0 saturated carbocycles. The summed E-state index contributed by atoms with van der Waals surface area (Å²) in [5, 5.41) is 0.166. The second kappa shape index (κ2) is 6.73. The standard InChI is InChI=1S/C17H22ClF3N2O2S/c1-10-13(18)15(25-26(5,6)16(2,3)4)23(14(10)24)12-9-11(7-8-22-12)17(19,20)21/h7-9,15H,1-6H3. The minimum absolute atomic E-state index is 0.145. The van der Waals surface area contributed by atoms with Gasteiger partial charge in [-0.05, 0) is 31.6 Å². The summed E-state index contributed by atoms with van der Waals surface area (Å²) >= 11 is 6.31. The predicted molar refractivity (Wildman–Crippen MR) is 99.3 cm³/mol. The van der Waals surface area contributed by atoms with E-state index in [1.807, 2.05) is 33.3 Å². The number of rotatable bonds is 3. The van der Waals surface area contributed by atoms with E-state index in [0.29, 0.717) is 0 Å². The van der Waals surface area contributed by atoms with Gasteiger partial charge in [-0.1, -0.05) is 32.4 Å². The van der Waals surface area contributed by atoms with Gasteiger partial charge in [0.1, 0.15) is 5.82 Å². The van der Waals surface area contributed by atoms with Crippen molar-refractivity contribution in [3.63, 3.8) is 0 Å². The number of hydrogen-bond donors (Lipinski definition) is 0. The third-order valence-corrected chi connectivity index (χ3v) is 8.56. The summed E-state index contributed by atoms with van der Waals surface area (Å²) in [4.78, 5) is 17.7. The quantitative estimate of drug-likeness (QED) is 0.697. The van der Waals surface area contributed by atoms with Crippen LogP contribution in [-0.4, -0.2) is 34.4 Å². The lowest BCUT2D eigenvalue weighted by atomic mass is 10.2. The number of carbonyl (C=O) groups excluding carboxylic acids is 1. The number of anilines is 1. The first kappa shape index (κ1) is 21.1. The Bertz CT molecular complexity index is 757. The fourth-order valence-electron chi connectivity index (χ4n) is 2.10. The first-order valence-electron chi connectivity index (χ1n) is 7.81. The molecule has 1 aromatic heterocycles. The number of amides is 1. The molecular weight excluding hydrogens is 389 g/mol. The molecule has 0 radical (unpaired) electrons. The summed E-state index contributed by atoms with van der Waals surface area (Å²) in [5.74, 6) is -0.662. The minimum atomic E-state index is -4.54. The molecule has 0 N–H and O–H groups in total. The Hall–Kier alpha value is -1.25. The van der Waals surface area contributed by atoms with Crippen molar-refractivity contribution < 1.29 is 22.1 Å². The van der Waals surface area contributed by atoms with Crippen LogP contribution in [0.25, 0.3) is 0 Å². The molecule has 1 amide bonds. The molecule has 0 bridgehead atoms. The fourth-order valence-corrected chi connectivity index (χ4v) is 3.30. The average molecular weight is 411 g/mol. The van der Waals surface area contributed by atoms with E-state index in [9.17, 15) is 18.0 Å². The normalized spacial score (nSPS) is 20.2. The second-order valence-corrected chi connectivity index (χ2v) is 11.6. The summed E-state index contributed by atoms with van der Waals surface area (Å²) in [5.41, 5.74) is -0.655. The number of halogens is 4. The van der Waals surface area contributed by atoms with Crippen LogP contribution in [0.5, 0.6) is 0 Å². The van der Waals surface area contributed by atoms with Crippen molar-refractivity contribution in [2.75, 3.05) is 17.4 Å². The molecule has 1 atom stereocenters. The maximum Gasteiger partial charge on any atom is 0.416 e. The molecule has 0 aromatic carbocycles. The highest BCUT2D eigenvalue weighted by Crippen LogP contribution is 2.56. The van der Waals surface area contributed by atoms with Gasteiger partial charge in [0.25, 0.3) is 5.91 Å². The number of nitrogens with zero attached hydrogens (tertiary/aromatic N) is 2. The lowest BCUT2D eigenvalue weighted by molar-refractivity contribution is -0.137. The Kier molecular flexibility index (Phi) is 5.45. The zero-order valence-electron chi connectivity index (χ0n) is 15.4. The van der Waals surface area contributed by atoms with Crippen LogP contribution in [0.15, 0.2) is 28.9 Å². The summed E-state index contributed by atoms with van der Waals surface area (Å²) < 4.78 is 45.1. The van der Waals surface area contributed by atoms with Crippen LogP contribution in [0.2, 0.25) is 0 Å². The third-order valence-electron chi connectivity index (χ3n) is 4.48. The highest BCUT2D eigenvalue weighted by Gasteiger charge is 2.44. The van der Waals surface area contributed by atoms with Crippen LogP contribution < -0.4 is 4.90 Å². The number of aromatic nitrogens is 1. The molecule has 2 rings (SSSR count). The van der Waals surface area contributed by atoms with Crippen molar-refractivity contribution in [1.82, 2.24) is 4.98 Å². The summed E-state index contributed by atoms with van der Waals surface area (Å²) in [6.45, 7) is 7.51. The molecular formula is C17H22ClF3N2O2S. The number of hydrogen-bond acceptors (Lipinski definition) is 3. The Morgan fingerprint density at radius 3 is 2.35 bits per heavy atom. The first-order chi connectivity index (χ1) is 11.7. The molecule has 2 heterocycles. The van der Waals surface area contributed by atoms with Gasteiger partial charge in [0.15, 0.2) is 6.23 Å². The van der Waals surface area contributed by atoms with Crippen molar-refractivity contribution in [3.05, 3.63) is 34.5 Å². The predicted octanol–water partition coefficient (Wildman–Crippen LogP) is 5.08. The van der Waals surface area contributed by atoms with Crippen molar-refractivity contribution in [2.45, 2.75) is 44.8 Å². The van der Waals surface area contributed by atoms with Gasteiger partial charge in [-0.25, -0.2) is 4.98 Å². The van der Waals surface area contributed by atoms with E-state index in [2.05, 4.69) is 4.98 Å². The summed E-state index contributed by atoms with van der Waals surface area (Å²) in [6.07, 6.45) is -0.672. The summed E-state index contributed by atoms with van der Waals surface area (Å²) in [6, 6.07) is 1.68. The van der Waals surface area contributed by atoms with E-state index < -0.39 is 34.2 Å². The van der Waals surface area contributed by atoms with Crippen molar-refractivity contribution in [1.29, 1.82) is 0 Å². The third kappa shape index (κ3) is 3.87. The van der Waals surface area contributed by atoms with Crippen LogP contribution in [-0.2, 0) is 15.2 Å². The highest BCUT2D eigenvalue weighted by molar-refractivity contribution is 8.29. The van der Waals surface area contributed by atoms with Crippen LogP contribution in [0.1, 0.15) is 33.3 Å². The topological polar surface area (TPSA) is 42.4 Å². The van der Waals surface area contributed by atoms with E-state index in [0.717, 1.165) is 23.2 Å². The first-order valence-corrected chi connectivity index (χ1v) is 10.6. The Balaban J connectivity index is 2.48.